The van der Waals surface area contributed by atoms with Crippen molar-refractivity contribution >= 4 is 52.4 Å². The zero-order valence-electron chi connectivity index (χ0n) is 44.5. The number of allylic oxidation sites excluding steroid dienone is 1. The van der Waals surface area contributed by atoms with Gasteiger partial charge in [0.2, 0.25) is 0 Å². The number of hydrogen-bond acceptors (Lipinski definition) is 16. The van der Waals surface area contributed by atoms with Gasteiger partial charge in [0.1, 0.15) is 36.1 Å². The van der Waals surface area contributed by atoms with Gasteiger partial charge in [-0.3, -0.25) is 14.4 Å². The molecule has 2 N–H and O–H groups in total. The zero-order valence-corrected chi connectivity index (χ0v) is 46.5. The summed E-state index contributed by atoms with van der Waals surface area (Å²) in [6.07, 6.45) is -4.95. The summed E-state index contributed by atoms with van der Waals surface area (Å²) in [5.41, 5.74) is -7.74. The van der Waals surface area contributed by atoms with Gasteiger partial charge in [0.15, 0.2) is 40.2 Å². The molecular formula is C51H83NO16Si2. The third kappa shape index (κ3) is 10.9. The summed E-state index contributed by atoms with van der Waals surface area (Å²) in [4.78, 5) is 86.6. The first-order chi connectivity index (χ1) is 32.6. The molecule has 3 bridgehead atoms. The number of hydrogen-bond donors (Lipinski definition) is 2. The van der Waals surface area contributed by atoms with E-state index in [1.54, 1.807) is 54.5 Å². The fraction of sp³-hybridized carbons (Fsp3) is 0.804. The van der Waals surface area contributed by atoms with Crippen molar-refractivity contribution in [2.75, 3.05) is 19.8 Å². The highest BCUT2D eigenvalue weighted by atomic mass is 28.4. The lowest BCUT2D eigenvalue weighted by Gasteiger charge is -2.68. The number of amides is 1. The summed E-state index contributed by atoms with van der Waals surface area (Å²) in [5, 5.41) is 17.1. The van der Waals surface area contributed by atoms with Crippen LogP contribution in [-0.4, -0.2) is 137 Å². The summed E-state index contributed by atoms with van der Waals surface area (Å²) >= 11 is 0. The van der Waals surface area contributed by atoms with Gasteiger partial charge in [-0.2, -0.15) is 0 Å². The number of carbonyl (C=O) groups is 6. The van der Waals surface area contributed by atoms with E-state index in [1.807, 2.05) is 26.8 Å². The van der Waals surface area contributed by atoms with E-state index in [9.17, 15) is 24.3 Å². The number of esters is 4. The number of aliphatic hydroxyl groups is 1. The third-order valence-corrected chi connectivity index (χ3v) is 25.9. The molecule has 0 unspecified atom stereocenters. The van der Waals surface area contributed by atoms with Gasteiger partial charge in [0.05, 0.1) is 36.7 Å². The first-order valence-electron chi connectivity index (χ1n) is 25.6. The highest BCUT2D eigenvalue weighted by Gasteiger charge is 2.79. The molecule has 2 saturated carbocycles. The lowest BCUT2D eigenvalue weighted by atomic mass is 9.44. The Labute approximate surface area is 417 Å². The van der Waals surface area contributed by atoms with Crippen molar-refractivity contribution < 1.29 is 75.9 Å². The third-order valence-electron chi connectivity index (χ3n) is 16.6. The molecule has 1 amide bonds. The molecule has 0 aromatic carbocycles. The number of Topliss-reactive ketones (excluding diaryl/α,β-unsaturated/α-hetero) is 1. The Bertz CT molecular complexity index is 2010. The maximum atomic E-state index is 16.4. The average Bonchev–Trinajstić information content (AvgIpc) is 3.27. The molecule has 0 radical (unpaired) electrons. The fourth-order valence-electron chi connectivity index (χ4n) is 12.1. The van der Waals surface area contributed by atoms with Gasteiger partial charge in [-0.05, 0) is 94.9 Å². The highest BCUT2D eigenvalue weighted by molar-refractivity contribution is 6.74. The number of fused-ring (bicyclic) bond motifs is 6. The summed E-state index contributed by atoms with van der Waals surface area (Å²) in [5.74, 6) is -5.24. The van der Waals surface area contributed by atoms with Crippen LogP contribution in [0.1, 0.15) is 130 Å². The first kappa shape index (κ1) is 57.4. The highest BCUT2D eigenvalue weighted by Crippen LogP contribution is 2.65. The van der Waals surface area contributed by atoms with E-state index < -0.39 is 142 Å². The number of nitrogens with one attached hydrogen (secondary N) is 1. The van der Waals surface area contributed by atoms with Crippen molar-refractivity contribution in [2.24, 2.45) is 16.7 Å². The van der Waals surface area contributed by atoms with Gasteiger partial charge in [-0.25, -0.2) is 14.4 Å². The molecule has 3 aliphatic carbocycles. The van der Waals surface area contributed by atoms with Crippen molar-refractivity contribution in [3.8, 4) is 0 Å². The summed E-state index contributed by atoms with van der Waals surface area (Å²) in [6.45, 7) is 25.7. The van der Waals surface area contributed by atoms with Crippen LogP contribution < -0.4 is 5.32 Å². The molecule has 19 heteroatoms. The van der Waals surface area contributed by atoms with E-state index in [1.165, 1.54) is 13.8 Å². The Kier molecular flexibility index (Phi) is 18.0. The van der Waals surface area contributed by atoms with E-state index in [0.29, 0.717) is 48.3 Å². The SMILES string of the molecule is CC[Si](CC)(CC)O[C@H]1C[C@H]2OC[C@@]2(OC(C)=O)[C@H]2[C@@H]3OC(=O)COC/C=C/CC[C@H](NC(=O)OC(C)(C)C)[C@@H](O[Si](CC)(CC)CC)C(=O)O[C@H]4C[C@]3(O)C(C)(C)C(=C4C)[C@@H](OC(C)=O)C(=O)[C@]12C. The van der Waals surface area contributed by atoms with E-state index in [2.05, 4.69) is 26.1 Å². The molecule has 0 aromatic heterocycles. The molecule has 396 valence electrons. The maximum Gasteiger partial charge on any atom is 0.407 e. The van der Waals surface area contributed by atoms with Crippen LogP contribution in [0.15, 0.2) is 23.3 Å². The van der Waals surface area contributed by atoms with E-state index in [0.717, 1.165) is 0 Å². The maximum absolute atomic E-state index is 16.4. The van der Waals surface area contributed by atoms with Crippen LogP contribution in [0.5, 0.6) is 0 Å². The quantitative estimate of drug-likeness (QED) is 0.0787. The summed E-state index contributed by atoms with van der Waals surface area (Å²) in [6, 6.07) is 3.09. The second-order valence-electron chi connectivity index (χ2n) is 21.8. The van der Waals surface area contributed by atoms with Gasteiger partial charge < -0.3 is 52.4 Å². The molecular weight excluding hydrogens is 939 g/mol. The molecule has 0 spiro atoms. The standard InChI is InChI=1S/C51H83NO16Si2/c1-16-69(17-2,18-3)67-36-27-37-50(30-61-37,65-33(9)54)42-44-51(59)28-35(31(7)39(48(51,13)14)41(62-32(8)53)43(56)49(36,42)15)63-45(57)40(68-70(19-4,20-5)21-6)34(52-46(58)66-47(10,11)12)25-23-22-24-26-60-29-38(55)64-44/h22,24,34-37,40-42,44,59H,16-21,23,25-30H2,1-15H3,(H,52,58)/b24-22+/t34-,35-,36-,37+,40+,41+,42-,44-,49+,50-,51+/m0/s1. The summed E-state index contributed by atoms with van der Waals surface area (Å²) < 4.78 is 57.9. The number of ether oxygens (including phenoxy) is 7. The average molecular weight is 1020 g/mol. The van der Waals surface area contributed by atoms with Crippen LogP contribution in [0.4, 0.5) is 4.79 Å². The molecule has 2 aliphatic heterocycles. The van der Waals surface area contributed by atoms with Gasteiger partial charge >= 0.3 is 30.0 Å². The number of carbonyl (C=O) groups excluding carboxylic acids is 6. The Hall–Kier alpha value is -3.47. The molecule has 17 nitrogen and oxygen atoms in total. The first-order valence-corrected chi connectivity index (χ1v) is 30.6. The van der Waals surface area contributed by atoms with Crippen molar-refractivity contribution in [3.63, 3.8) is 0 Å². The lowest BCUT2D eigenvalue weighted by Crippen LogP contribution is -2.82. The van der Waals surface area contributed by atoms with Crippen molar-refractivity contribution in [1.82, 2.24) is 5.32 Å². The monoisotopic (exact) mass is 1020 g/mol. The van der Waals surface area contributed by atoms with Gasteiger partial charge in [0, 0.05) is 32.1 Å². The zero-order chi connectivity index (χ0) is 52.4. The Morgan fingerprint density at radius 1 is 0.871 bits per heavy atom. The normalized spacial score (nSPS) is 34.5. The molecule has 5 aliphatic rings. The van der Waals surface area contributed by atoms with Crippen LogP contribution >= 0.6 is 0 Å². The van der Waals surface area contributed by atoms with E-state index >= 15 is 9.59 Å². The Balaban J connectivity index is 1.86. The predicted molar refractivity (Wildman–Crippen MR) is 263 cm³/mol. The van der Waals surface area contributed by atoms with Gasteiger partial charge in [-0.15, -0.1) is 0 Å². The Morgan fingerprint density at radius 3 is 2.00 bits per heavy atom. The van der Waals surface area contributed by atoms with Crippen molar-refractivity contribution in [3.05, 3.63) is 23.3 Å². The number of ketones is 1. The minimum Gasteiger partial charge on any atom is -0.457 e. The minimum absolute atomic E-state index is 0.0297. The van der Waals surface area contributed by atoms with Crippen LogP contribution in [0, 0.1) is 16.7 Å². The lowest BCUT2D eigenvalue weighted by molar-refractivity contribution is -0.346. The van der Waals surface area contributed by atoms with Crippen LogP contribution in [0.2, 0.25) is 36.3 Å². The molecule has 11 atom stereocenters. The largest absolute Gasteiger partial charge is 0.457 e. The van der Waals surface area contributed by atoms with Crippen LogP contribution in [0.3, 0.4) is 0 Å². The summed E-state index contributed by atoms with van der Waals surface area (Å²) in [7, 11) is -5.30. The van der Waals surface area contributed by atoms with Gasteiger partial charge in [0.25, 0.3) is 0 Å². The van der Waals surface area contributed by atoms with Crippen LogP contribution in [-0.2, 0) is 66.0 Å². The molecule has 5 rings (SSSR count). The van der Waals surface area contributed by atoms with E-state index in [-0.39, 0.29) is 31.6 Å². The fourth-order valence-corrected chi connectivity index (χ4v) is 17.8. The minimum atomic E-state index is -2.68. The second kappa shape index (κ2) is 21.9. The van der Waals surface area contributed by atoms with E-state index in [4.69, 9.17) is 42.0 Å². The molecule has 0 aromatic rings. The molecule has 70 heavy (non-hydrogen) atoms. The second-order valence-corrected chi connectivity index (χ2v) is 31.3. The molecule has 1 saturated heterocycles. The predicted octanol–water partition coefficient (Wildman–Crippen LogP) is 7.57. The number of alkyl carbamates (subject to hydrolysis) is 1. The Morgan fingerprint density at radius 2 is 1.47 bits per heavy atom. The van der Waals surface area contributed by atoms with Crippen molar-refractivity contribution in [2.45, 2.75) is 225 Å². The molecule has 3 fully saturated rings. The molecule has 2 heterocycles. The van der Waals surface area contributed by atoms with Gasteiger partial charge in [-0.1, -0.05) is 67.5 Å². The van der Waals surface area contributed by atoms with Crippen LogP contribution in [0.25, 0.3) is 0 Å². The topological polar surface area (TPSA) is 218 Å². The number of rotatable bonds is 13. The smallest absolute Gasteiger partial charge is 0.407 e. The van der Waals surface area contributed by atoms with Crippen molar-refractivity contribution in [1.29, 1.82) is 0 Å².